The summed E-state index contributed by atoms with van der Waals surface area (Å²) >= 11 is 2.20. The van der Waals surface area contributed by atoms with E-state index in [0.29, 0.717) is 0 Å². The minimum absolute atomic E-state index is 0.794. The van der Waals surface area contributed by atoms with Crippen LogP contribution in [0.15, 0.2) is 0 Å². The highest BCUT2D eigenvalue weighted by atomic mass is 32.2. The molecule has 0 aliphatic heterocycles. The van der Waals surface area contributed by atoms with Gasteiger partial charge in [-0.25, -0.2) is 0 Å². The topological polar surface area (TPSA) is 12.0 Å². The van der Waals surface area contributed by atoms with Crippen LogP contribution in [0.5, 0.6) is 0 Å². The van der Waals surface area contributed by atoms with Gasteiger partial charge in [-0.3, -0.25) is 0 Å². The molecule has 1 nitrogen and oxygen atoms in total. The molecule has 1 fully saturated rings. The summed E-state index contributed by atoms with van der Waals surface area (Å²) in [6, 6.07) is 0. The van der Waals surface area contributed by atoms with Crippen molar-refractivity contribution >= 4 is 11.8 Å². The molecular weight excluding hydrogens is 178 g/mol. The molecule has 0 aromatic rings. The summed E-state index contributed by atoms with van der Waals surface area (Å²) in [6.07, 6.45) is 7.32. The van der Waals surface area contributed by atoms with Gasteiger partial charge in [0.15, 0.2) is 0 Å². The minimum atomic E-state index is 0.794. The average molecular weight is 201 g/mol. The van der Waals surface area contributed by atoms with E-state index in [1.165, 1.54) is 38.6 Å². The Bertz CT molecular complexity index is 121. The second kappa shape index (κ2) is 6.72. The summed E-state index contributed by atoms with van der Waals surface area (Å²) in [7, 11) is 0. The molecule has 1 unspecified atom stereocenters. The van der Waals surface area contributed by atoms with Gasteiger partial charge in [0, 0.05) is 17.0 Å². The van der Waals surface area contributed by atoms with Crippen LogP contribution >= 0.6 is 11.8 Å². The second-order valence-corrected chi connectivity index (χ2v) is 5.76. The molecule has 0 heterocycles. The van der Waals surface area contributed by atoms with Gasteiger partial charge in [-0.1, -0.05) is 33.1 Å². The molecule has 1 saturated carbocycles. The summed E-state index contributed by atoms with van der Waals surface area (Å²) in [5.74, 6) is 0. The van der Waals surface area contributed by atoms with Crippen molar-refractivity contribution < 1.29 is 0 Å². The van der Waals surface area contributed by atoms with E-state index in [1.807, 2.05) is 0 Å². The van der Waals surface area contributed by atoms with Crippen LogP contribution in [0.1, 0.15) is 46.0 Å². The Hall–Kier alpha value is 0.310. The van der Waals surface area contributed by atoms with Crippen LogP contribution in [0.25, 0.3) is 0 Å². The van der Waals surface area contributed by atoms with Crippen LogP contribution in [-0.4, -0.2) is 23.6 Å². The second-order valence-electron chi connectivity index (χ2n) is 4.01. The first kappa shape index (κ1) is 11.4. The SMILES string of the molecule is CCNCC(C)SC1CCCCC1. The summed E-state index contributed by atoms with van der Waals surface area (Å²) in [5, 5.41) is 5.17. The maximum absolute atomic E-state index is 3.42. The summed E-state index contributed by atoms with van der Waals surface area (Å²) in [4.78, 5) is 0. The number of hydrogen-bond acceptors (Lipinski definition) is 2. The van der Waals surface area contributed by atoms with Crippen molar-refractivity contribution in [3.63, 3.8) is 0 Å². The third-order valence-corrected chi connectivity index (χ3v) is 4.15. The molecule has 0 aromatic carbocycles. The van der Waals surface area contributed by atoms with E-state index in [1.54, 1.807) is 0 Å². The van der Waals surface area contributed by atoms with Crippen molar-refractivity contribution in [3.8, 4) is 0 Å². The third kappa shape index (κ3) is 4.92. The van der Waals surface area contributed by atoms with E-state index in [-0.39, 0.29) is 0 Å². The Morgan fingerprint density at radius 3 is 2.62 bits per heavy atom. The van der Waals surface area contributed by atoms with Crippen molar-refractivity contribution in [2.24, 2.45) is 0 Å². The first-order valence-corrected chi connectivity index (χ1v) is 6.63. The van der Waals surface area contributed by atoms with E-state index in [2.05, 4.69) is 30.9 Å². The summed E-state index contributed by atoms with van der Waals surface area (Å²) in [6.45, 7) is 6.81. The smallest absolute Gasteiger partial charge is 0.0146 e. The van der Waals surface area contributed by atoms with Crippen LogP contribution < -0.4 is 5.32 Å². The molecule has 1 atom stereocenters. The maximum Gasteiger partial charge on any atom is 0.0146 e. The van der Waals surface area contributed by atoms with Gasteiger partial charge in [0.1, 0.15) is 0 Å². The summed E-state index contributed by atoms with van der Waals surface area (Å²) < 4.78 is 0. The molecule has 0 spiro atoms. The van der Waals surface area contributed by atoms with Crippen molar-refractivity contribution in [1.82, 2.24) is 5.32 Å². The van der Waals surface area contributed by atoms with Gasteiger partial charge in [0.2, 0.25) is 0 Å². The van der Waals surface area contributed by atoms with E-state index in [9.17, 15) is 0 Å². The molecule has 1 aliphatic carbocycles. The molecule has 13 heavy (non-hydrogen) atoms. The molecule has 2 heteroatoms. The van der Waals surface area contributed by atoms with Gasteiger partial charge in [0.05, 0.1) is 0 Å². The number of hydrogen-bond donors (Lipinski definition) is 1. The quantitative estimate of drug-likeness (QED) is 0.734. The highest BCUT2D eigenvalue weighted by Gasteiger charge is 2.16. The first-order valence-electron chi connectivity index (χ1n) is 5.69. The van der Waals surface area contributed by atoms with E-state index in [0.717, 1.165) is 17.0 Å². The van der Waals surface area contributed by atoms with Crippen molar-refractivity contribution in [2.45, 2.75) is 56.5 Å². The van der Waals surface area contributed by atoms with Crippen LogP contribution in [0.4, 0.5) is 0 Å². The highest BCUT2D eigenvalue weighted by molar-refractivity contribution is 8.00. The average Bonchev–Trinajstić information content (AvgIpc) is 2.16. The summed E-state index contributed by atoms with van der Waals surface area (Å²) in [5.41, 5.74) is 0. The van der Waals surface area contributed by atoms with Crippen molar-refractivity contribution in [2.75, 3.05) is 13.1 Å². The molecule has 78 valence electrons. The Balaban J connectivity index is 2.07. The monoisotopic (exact) mass is 201 g/mol. The molecule has 0 amide bonds. The Labute approximate surface area is 87.1 Å². The Morgan fingerprint density at radius 2 is 2.00 bits per heavy atom. The fourth-order valence-electron chi connectivity index (χ4n) is 1.93. The lowest BCUT2D eigenvalue weighted by molar-refractivity contribution is 0.514. The minimum Gasteiger partial charge on any atom is -0.316 e. The van der Waals surface area contributed by atoms with Crippen LogP contribution in [0.3, 0.4) is 0 Å². The number of rotatable bonds is 5. The number of nitrogens with one attached hydrogen (secondary N) is 1. The zero-order valence-electron chi connectivity index (χ0n) is 9.01. The lowest BCUT2D eigenvalue weighted by Gasteiger charge is -2.24. The van der Waals surface area contributed by atoms with E-state index in [4.69, 9.17) is 0 Å². The number of thioether (sulfide) groups is 1. The van der Waals surface area contributed by atoms with E-state index < -0.39 is 0 Å². The van der Waals surface area contributed by atoms with Gasteiger partial charge in [-0.15, -0.1) is 0 Å². The van der Waals surface area contributed by atoms with E-state index >= 15 is 0 Å². The molecule has 1 aliphatic rings. The molecule has 0 bridgehead atoms. The van der Waals surface area contributed by atoms with Gasteiger partial charge in [-0.05, 0) is 19.4 Å². The lowest BCUT2D eigenvalue weighted by Crippen LogP contribution is -2.24. The van der Waals surface area contributed by atoms with Gasteiger partial charge < -0.3 is 5.32 Å². The Morgan fingerprint density at radius 1 is 1.31 bits per heavy atom. The lowest BCUT2D eigenvalue weighted by atomic mass is 10.0. The molecule has 1 N–H and O–H groups in total. The molecule has 1 rings (SSSR count). The zero-order valence-corrected chi connectivity index (χ0v) is 9.83. The molecule has 0 radical (unpaired) electrons. The molecular formula is C11H23NS. The highest BCUT2D eigenvalue weighted by Crippen LogP contribution is 2.30. The van der Waals surface area contributed by atoms with Crippen LogP contribution in [0.2, 0.25) is 0 Å². The molecule has 0 saturated heterocycles. The predicted octanol–water partition coefficient (Wildman–Crippen LogP) is 3.05. The Kier molecular flexibility index (Phi) is 5.88. The van der Waals surface area contributed by atoms with Crippen LogP contribution in [0, 0.1) is 0 Å². The normalized spacial score (nSPS) is 21.7. The first-order chi connectivity index (χ1) is 6.33. The zero-order chi connectivity index (χ0) is 9.52. The maximum atomic E-state index is 3.42. The van der Waals surface area contributed by atoms with Gasteiger partial charge in [-0.2, -0.15) is 11.8 Å². The standard InChI is InChI=1S/C11H23NS/c1-3-12-9-10(2)13-11-7-5-4-6-8-11/h10-12H,3-9H2,1-2H3. The van der Waals surface area contributed by atoms with Crippen molar-refractivity contribution in [1.29, 1.82) is 0 Å². The fourth-order valence-corrected chi connectivity index (χ4v) is 3.40. The van der Waals surface area contributed by atoms with Gasteiger partial charge in [0.25, 0.3) is 0 Å². The molecule has 0 aromatic heterocycles. The van der Waals surface area contributed by atoms with Gasteiger partial charge >= 0.3 is 0 Å². The largest absolute Gasteiger partial charge is 0.316 e. The predicted molar refractivity (Wildman–Crippen MR) is 62.5 cm³/mol. The van der Waals surface area contributed by atoms with Crippen molar-refractivity contribution in [3.05, 3.63) is 0 Å². The van der Waals surface area contributed by atoms with Crippen LogP contribution in [-0.2, 0) is 0 Å². The fraction of sp³-hybridized carbons (Fsp3) is 1.00. The third-order valence-electron chi connectivity index (χ3n) is 2.66.